The van der Waals surface area contributed by atoms with Gasteiger partial charge in [-0.3, -0.25) is 0 Å². The molecule has 8 heavy (non-hydrogen) atoms. The van der Waals surface area contributed by atoms with Crippen LogP contribution in [0.3, 0.4) is 0 Å². The standard InChI is InChI=1S/C6H3ClO/c7-6-3-1-2-5(6)4-8/h1-3H. The first kappa shape index (κ1) is 5.36. The maximum absolute atomic E-state index is 9.88. The van der Waals surface area contributed by atoms with Gasteiger partial charge in [0.25, 0.3) is 0 Å². The lowest BCUT2D eigenvalue weighted by Gasteiger charge is -1.80. The summed E-state index contributed by atoms with van der Waals surface area (Å²) >= 11 is 5.48. The second-order valence-electron chi connectivity index (χ2n) is 1.39. The van der Waals surface area contributed by atoms with Crippen LogP contribution < -0.4 is 0 Å². The molecule has 1 rings (SSSR count). The van der Waals surface area contributed by atoms with Crippen molar-refractivity contribution in [2.75, 3.05) is 0 Å². The van der Waals surface area contributed by atoms with Crippen LogP contribution in [-0.4, -0.2) is 5.94 Å². The molecule has 0 aromatic heterocycles. The predicted molar refractivity (Wildman–Crippen MR) is 32.3 cm³/mol. The molecule has 0 heterocycles. The molecule has 40 valence electrons. The summed E-state index contributed by atoms with van der Waals surface area (Å²) in [6.45, 7) is 0. The second kappa shape index (κ2) is 1.99. The molecule has 0 fully saturated rings. The van der Waals surface area contributed by atoms with Crippen LogP contribution >= 0.6 is 11.6 Å². The van der Waals surface area contributed by atoms with Crippen LogP contribution in [0, 0.1) is 0 Å². The van der Waals surface area contributed by atoms with Crippen molar-refractivity contribution in [3.8, 4) is 0 Å². The van der Waals surface area contributed by atoms with Crippen molar-refractivity contribution in [3.05, 3.63) is 28.8 Å². The second-order valence-corrected chi connectivity index (χ2v) is 1.80. The van der Waals surface area contributed by atoms with Crippen LogP contribution in [0.1, 0.15) is 0 Å². The van der Waals surface area contributed by atoms with Crippen molar-refractivity contribution in [1.82, 2.24) is 0 Å². The Bertz CT molecular complexity index is 207. The molecule has 1 nitrogen and oxygen atoms in total. The summed E-state index contributed by atoms with van der Waals surface area (Å²) in [5, 5.41) is 0.472. The SMILES string of the molecule is O=C=C1C=CC=C1Cl. The van der Waals surface area contributed by atoms with Gasteiger partial charge >= 0.3 is 0 Å². The Balaban J connectivity index is 3.05. The number of carbonyl (C=O) groups excluding carboxylic acids is 1. The van der Waals surface area contributed by atoms with Crippen molar-refractivity contribution >= 4 is 17.5 Å². The third kappa shape index (κ3) is 0.738. The van der Waals surface area contributed by atoms with Gasteiger partial charge in [0.2, 0.25) is 0 Å². The minimum Gasteiger partial charge on any atom is -0.233 e. The van der Waals surface area contributed by atoms with Gasteiger partial charge in [0, 0.05) is 0 Å². The molecule has 1 aliphatic rings. The van der Waals surface area contributed by atoms with Crippen molar-refractivity contribution < 1.29 is 4.79 Å². The van der Waals surface area contributed by atoms with E-state index >= 15 is 0 Å². The zero-order valence-corrected chi connectivity index (χ0v) is 4.77. The minimum atomic E-state index is 0.437. The highest BCUT2D eigenvalue weighted by Crippen LogP contribution is 2.18. The highest BCUT2D eigenvalue weighted by molar-refractivity contribution is 6.33. The molecule has 1 aliphatic carbocycles. The maximum atomic E-state index is 9.88. The van der Waals surface area contributed by atoms with Gasteiger partial charge < -0.3 is 0 Å². The van der Waals surface area contributed by atoms with E-state index in [-0.39, 0.29) is 0 Å². The largest absolute Gasteiger partial charge is 0.233 e. The van der Waals surface area contributed by atoms with E-state index < -0.39 is 0 Å². The average molecular weight is 127 g/mol. The van der Waals surface area contributed by atoms with E-state index in [2.05, 4.69) is 0 Å². The monoisotopic (exact) mass is 126 g/mol. The fraction of sp³-hybridized carbons (Fsp3) is 0. The van der Waals surface area contributed by atoms with Crippen molar-refractivity contribution in [1.29, 1.82) is 0 Å². The zero-order chi connectivity index (χ0) is 5.98. The van der Waals surface area contributed by atoms with Gasteiger partial charge in [-0.2, -0.15) is 0 Å². The number of halogens is 1. The van der Waals surface area contributed by atoms with E-state index in [4.69, 9.17) is 11.6 Å². The van der Waals surface area contributed by atoms with E-state index in [0.717, 1.165) is 0 Å². The lowest BCUT2D eigenvalue weighted by molar-refractivity contribution is 0.568. The molecular weight excluding hydrogens is 124 g/mol. The number of hydrogen-bond acceptors (Lipinski definition) is 1. The summed E-state index contributed by atoms with van der Waals surface area (Å²) in [5.74, 6) is 1.69. The van der Waals surface area contributed by atoms with Crippen molar-refractivity contribution in [2.45, 2.75) is 0 Å². The molecule has 0 saturated carbocycles. The van der Waals surface area contributed by atoms with Gasteiger partial charge in [-0.1, -0.05) is 17.7 Å². The minimum absolute atomic E-state index is 0.437. The predicted octanol–water partition coefficient (Wildman–Crippen LogP) is 1.44. The summed E-state index contributed by atoms with van der Waals surface area (Å²) in [7, 11) is 0. The Hall–Kier alpha value is -0.780. The van der Waals surface area contributed by atoms with Gasteiger partial charge in [-0.15, -0.1) is 0 Å². The number of hydrogen-bond donors (Lipinski definition) is 0. The van der Waals surface area contributed by atoms with Crippen LogP contribution in [0.2, 0.25) is 0 Å². The first-order chi connectivity index (χ1) is 3.84. The fourth-order valence-electron chi connectivity index (χ4n) is 0.481. The van der Waals surface area contributed by atoms with Crippen molar-refractivity contribution in [3.63, 3.8) is 0 Å². The molecule has 0 spiro atoms. The van der Waals surface area contributed by atoms with Crippen LogP contribution in [0.25, 0.3) is 0 Å². The molecular formula is C6H3ClO. The van der Waals surface area contributed by atoms with Gasteiger partial charge in [-0.05, 0) is 12.2 Å². The Morgan fingerprint density at radius 3 is 2.62 bits per heavy atom. The topological polar surface area (TPSA) is 17.1 Å². The molecule has 0 aromatic rings. The van der Waals surface area contributed by atoms with Gasteiger partial charge in [-0.25, -0.2) is 4.79 Å². The van der Waals surface area contributed by atoms with Crippen molar-refractivity contribution in [2.24, 2.45) is 0 Å². The van der Waals surface area contributed by atoms with Crippen LogP contribution in [0.15, 0.2) is 28.8 Å². The first-order valence-corrected chi connectivity index (χ1v) is 2.52. The molecule has 0 unspecified atom stereocenters. The smallest absolute Gasteiger partial charge is 0.133 e. The third-order valence-electron chi connectivity index (χ3n) is 0.873. The van der Waals surface area contributed by atoms with Gasteiger partial charge in [0.05, 0.1) is 10.6 Å². The molecule has 0 atom stereocenters. The highest BCUT2D eigenvalue weighted by atomic mass is 35.5. The number of allylic oxidation sites excluding steroid dienone is 5. The summed E-state index contributed by atoms with van der Waals surface area (Å²) in [6, 6.07) is 0. The molecule has 0 saturated heterocycles. The maximum Gasteiger partial charge on any atom is 0.133 e. The van der Waals surface area contributed by atoms with Gasteiger partial charge in [0.1, 0.15) is 5.94 Å². The van der Waals surface area contributed by atoms with E-state index in [1.807, 2.05) is 0 Å². The van der Waals surface area contributed by atoms with Crippen LogP contribution in [0.5, 0.6) is 0 Å². The summed E-state index contributed by atoms with van der Waals surface area (Å²) in [4.78, 5) is 9.88. The molecule has 0 bridgehead atoms. The fourth-order valence-corrected chi connectivity index (χ4v) is 0.655. The molecule has 2 heteroatoms. The zero-order valence-electron chi connectivity index (χ0n) is 4.02. The quantitative estimate of drug-likeness (QED) is 0.449. The van der Waals surface area contributed by atoms with E-state index in [1.165, 1.54) is 0 Å². The third-order valence-corrected chi connectivity index (χ3v) is 1.20. The molecule has 0 aliphatic heterocycles. The lowest BCUT2D eigenvalue weighted by atomic mass is 10.3. The van der Waals surface area contributed by atoms with E-state index in [1.54, 1.807) is 24.2 Å². The Kier molecular flexibility index (Phi) is 1.34. The van der Waals surface area contributed by atoms with E-state index in [0.29, 0.717) is 10.6 Å². The lowest BCUT2D eigenvalue weighted by Crippen LogP contribution is -1.70. The summed E-state index contributed by atoms with van der Waals surface area (Å²) in [6.07, 6.45) is 4.99. The molecule has 0 N–H and O–H groups in total. The Morgan fingerprint density at radius 2 is 2.38 bits per heavy atom. The van der Waals surface area contributed by atoms with Gasteiger partial charge in [0.15, 0.2) is 0 Å². The van der Waals surface area contributed by atoms with Crippen LogP contribution in [-0.2, 0) is 4.79 Å². The summed E-state index contributed by atoms with van der Waals surface area (Å²) < 4.78 is 0. The van der Waals surface area contributed by atoms with E-state index in [9.17, 15) is 4.79 Å². The molecule has 0 radical (unpaired) electrons. The van der Waals surface area contributed by atoms with Crippen LogP contribution in [0.4, 0.5) is 0 Å². The Morgan fingerprint density at radius 1 is 1.62 bits per heavy atom. The Labute approximate surface area is 52.0 Å². The normalized spacial score (nSPS) is 16.1. The summed E-state index contributed by atoms with van der Waals surface area (Å²) in [5.41, 5.74) is 0.437. The number of rotatable bonds is 0. The molecule has 0 amide bonds. The average Bonchev–Trinajstić information content (AvgIpc) is 2.14. The molecule has 0 aromatic carbocycles. The first-order valence-electron chi connectivity index (χ1n) is 2.14. The highest BCUT2D eigenvalue weighted by Gasteiger charge is 2.01.